The number of piperazine rings is 1. The van der Waals surface area contributed by atoms with Gasteiger partial charge in [-0.1, -0.05) is 0 Å². The Morgan fingerprint density at radius 3 is 2.05 bits per heavy atom. The normalized spacial score (nSPS) is 43.8. The second-order valence-electron chi connectivity index (χ2n) is 8.74. The predicted molar refractivity (Wildman–Crippen MR) is 81.9 cm³/mol. The van der Waals surface area contributed by atoms with Crippen molar-refractivity contribution in [2.45, 2.75) is 57.4 Å². The van der Waals surface area contributed by atoms with E-state index in [9.17, 15) is 9.59 Å². The third-order valence-electron chi connectivity index (χ3n) is 7.02. The van der Waals surface area contributed by atoms with Crippen LogP contribution in [0.5, 0.6) is 0 Å². The van der Waals surface area contributed by atoms with Gasteiger partial charge in [0.05, 0.1) is 12.0 Å². The molecule has 2 amide bonds. The highest BCUT2D eigenvalue weighted by Crippen LogP contribution is 2.60. The van der Waals surface area contributed by atoms with Gasteiger partial charge in [-0.05, 0) is 69.1 Å². The average Bonchev–Trinajstić information content (AvgIpc) is 3.29. The second-order valence-corrected chi connectivity index (χ2v) is 8.74. The van der Waals surface area contributed by atoms with Crippen molar-refractivity contribution in [1.82, 2.24) is 9.80 Å². The van der Waals surface area contributed by atoms with E-state index in [4.69, 9.17) is 0 Å². The van der Waals surface area contributed by atoms with Gasteiger partial charge in [0.25, 0.3) is 0 Å². The van der Waals surface area contributed by atoms with E-state index in [1.54, 1.807) is 0 Å². The number of rotatable bonds is 2. The van der Waals surface area contributed by atoms with E-state index < -0.39 is 0 Å². The molecular weight excluding hydrogens is 276 g/mol. The Morgan fingerprint density at radius 2 is 1.55 bits per heavy atom. The molecular formula is C18H26N2O2. The maximum atomic E-state index is 13.2. The molecule has 0 radical (unpaired) electrons. The zero-order chi connectivity index (χ0) is 14.9. The van der Waals surface area contributed by atoms with Gasteiger partial charge in [-0.25, -0.2) is 0 Å². The molecule has 0 aromatic heterocycles. The molecule has 4 bridgehead atoms. The molecule has 6 fully saturated rings. The molecule has 0 aromatic rings. The lowest BCUT2D eigenvalue weighted by molar-refractivity contribution is -0.163. The van der Waals surface area contributed by atoms with Gasteiger partial charge in [0.1, 0.15) is 0 Å². The van der Waals surface area contributed by atoms with Crippen LogP contribution in [0.3, 0.4) is 0 Å². The smallest absolute Gasteiger partial charge is 0.242 e. The minimum absolute atomic E-state index is 0.0865. The second kappa shape index (κ2) is 4.48. The molecule has 0 atom stereocenters. The molecule has 5 aliphatic carbocycles. The van der Waals surface area contributed by atoms with Crippen LogP contribution >= 0.6 is 0 Å². The van der Waals surface area contributed by atoms with Gasteiger partial charge in [0.2, 0.25) is 11.8 Å². The summed E-state index contributed by atoms with van der Waals surface area (Å²) in [5.41, 5.74) is -0.0865. The van der Waals surface area contributed by atoms with Crippen molar-refractivity contribution in [2.75, 3.05) is 19.6 Å². The van der Waals surface area contributed by atoms with Crippen molar-refractivity contribution in [1.29, 1.82) is 0 Å². The first-order valence-electron chi connectivity index (χ1n) is 9.22. The highest BCUT2D eigenvalue weighted by atomic mass is 16.2. The minimum Gasteiger partial charge on any atom is -0.336 e. The number of nitrogens with zero attached hydrogens (tertiary/aromatic N) is 2. The fourth-order valence-corrected chi connectivity index (χ4v) is 6.34. The quantitative estimate of drug-likeness (QED) is 0.783. The molecule has 0 spiro atoms. The van der Waals surface area contributed by atoms with E-state index in [-0.39, 0.29) is 11.3 Å². The van der Waals surface area contributed by atoms with E-state index in [0.717, 1.165) is 62.9 Å². The van der Waals surface area contributed by atoms with E-state index in [0.29, 0.717) is 18.5 Å². The number of carbonyl (C=O) groups excluding carboxylic acids is 2. The molecule has 5 saturated carbocycles. The van der Waals surface area contributed by atoms with Gasteiger partial charge >= 0.3 is 0 Å². The summed E-state index contributed by atoms with van der Waals surface area (Å²) in [5.74, 6) is 2.89. The first-order valence-corrected chi connectivity index (χ1v) is 9.22. The van der Waals surface area contributed by atoms with Crippen molar-refractivity contribution in [2.24, 2.45) is 23.2 Å². The third-order valence-corrected chi connectivity index (χ3v) is 7.02. The van der Waals surface area contributed by atoms with Gasteiger partial charge in [0, 0.05) is 19.1 Å². The van der Waals surface area contributed by atoms with Crippen LogP contribution < -0.4 is 0 Å². The van der Waals surface area contributed by atoms with Crippen LogP contribution in [0, 0.1) is 23.2 Å². The van der Waals surface area contributed by atoms with Crippen LogP contribution in [0.25, 0.3) is 0 Å². The van der Waals surface area contributed by atoms with Crippen LogP contribution in [-0.4, -0.2) is 47.3 Å². The Hall–Kier alpha value is -1.06. The lowest BCUT2D eigenvalue weighted by Gasteiger charge is -2.57. The van der Waals surface area contributed by atoms with Gasteiger partial charge in [-0.3, -0.25) is 9.59 Å². The molecule has 4 nitrogen and oxygen atoms in total. The van der Waals surface area contributed by atoms with E-state index >= 15 is 0 Å². The summed E-state index contributed by atoms with van der Waals surface area (Å²) in [6.45, 7) is 1.88. The van der Waals surface area contributed by atoms with Gasteiger partial charge in [-0.15, -0.1) is 0 Å². The summed E-state index contributed by atoms with van der Waals surface area (Å²) in [6, 6.07) is 0.490. The molecule has 6 rings (SSSR count). The summed E-state index contributed by atoms with van der Waals surface area (Å²) < 4.78 is 0. The molecule has 1 aliphatic heterocycles. The molecule has 6 aliphatic rings. The molecule has 120 valence electrons. The van der Waals surface area contributed by atoms with Gasteiger partial charge in [0.15, 0.2) is 0 Å². The van der Waals surface area contributed by atoms with Crippen LogP contribution in [0.15, 0.2) is 0 Å². The first kappa shape index (κ1) is 13.4. The lowest BCUT2D eigenvalue weighted by atomic mass is 9.49. The lowest BCUT2D eigenvalue weighted by Crippen LogP contribution is -2.59. The zero-order valence-electron chi connectivity index (χ0n) is 13.3. The Morgan fingerprint density at radius 1 is 0.955 bits per heavy atom. The standard InChI is InChI=1S/C18H26N2O2/c21-16-11-19(3-4-20(16)15-1-2-15)17(22)18-8-12-5-13(9-18)7-14(6-12)10-18/h12-15H,1-11H2. The largest absolute Gasteiger partial charge is 0.336 e. The molecule has 0 aromatic carbocycles. The third kappa shape index (κ3) is 1.95. The van der Waals surface area contributed by atoms with Crippen molar-refractivity contribution in [3.63, 3.8) is 0 Å². The number of carbonyl (C=O) groups is 2. The van der Waals surface area contributed by atoms with E-state index in [1.807, 2.05) is 9.80 Å². The van der Waals surface area contributed by atoms with Crippen LogP contribution in [0.1, 0.15) is 51.4 Å². The highest BCUT2D eigenvalue weighted by molar-refractivity contribution is 5.89. The minimum atomic E-state index is -0.0865. The van der Waals surface area contributed by atoms with Crippen molar-refractivity contribution < 1.29 is 9.59 Å². The van der Waals surface area contributed by atoms with E-state index in [1.165, 1.54) is 19.3 Å². The summed E-state index contributed by atoms with van der Waals surface area (Å²) in [4.78, 5) is 29.5. The van der Waals surface area contributed by atoms with Crippen molar-refractivity contribution in [3.05, 3.63) is 0 Å². The summed E-state index contributed by atoms with van der Waals surface area (Å²) in [5, 5.41) is 0. The van der Waals surface area contributed by atoms with Gasteiger partial charge in [-0.2, -0.15) is 0 Å². The van der Waals surface area contributed by atoms with Crippen LogP contribution in [0.4, 0.5) is 0 Å². The molecule has 1 heterocycles. The van der Waals surface area contributed by atoms with Crippen molar-refractivity contribution >= 4 is 11.8 Å². The summed E-state index contributed by atoms with van der Waals surface area (Å²) >= 11 is 0. The van der Waals surface area contributed by atoms with E-state index in [2.05, 4.69) is 0 Å². The number of hydrogen-bond donors (Lipinski definition) is 0. The molecule has 1 saturated heterocycles. The number of amides is 2. The predicted octanol–water partition coefficient (Wildman–Crippen LogP) is 2.04. The summed E-state index contributed by atoms with van der Waals surface area (Å²) in [7, 11) is 0. The SMILES string of the molecule is O=C1CN(C(=O)C23CC4CC(CC(C4)C2)C3)CCN1C1CC1. The number of hydrogen-bond acceptors (Lipinski definition) is 2. The first-order chi connectivity index (χ1) is 10.6. The Kier molecular flexibility index (Phi) is 2.73. The highest BCUT2D eigenvalue weighted by Gasteiger charge is 2.56. The van der Waals surface area contributed by atoms with Crippen molar-refractivity contribution in [3.8, 4) is 0 Å². The molecule has 0 unspecified atom stereocenters. The molecule has 4 heteroatoms. The van der Waals surface area contributed by atoms with Crippen LogP contribution in [-0.2, 0) is 9.59 Å². The average molecular weight is 302 g/mol. The van der Waals surface area contributed by atoms with Crippen LogP contribution in [0.2, 0.25) is 0 Å². The molecule has 22 heavy (non-hydrogen) atoms. The molecule has 0 N–H and O–H groups in total. The fourth-order valence-electron chi connectivity index (χ4n) is 6.34. The zero-order valence-corrected chi connectivity index (χ0v) is 13.3. The Bertz CT molecular complexity index is 490. The maximum Gasteiger partial charge on any atom is 0.242 e. The maximum absolute atomic E-state index is 13.2. The Balaban J connectivity index is 1.33. The topological polar surface area (TPSA) is 40.6 Å². The summed E-state index contributed by atoms with van der Waals surface area (Å²) in [6.07, 6.45) is 9.73. The Labute approximate surface area is 132 Å². The monoisotopic (exact) mass is 302 g/mol. The van der Waals surface area contributed by atoms with Gasteiger partial charge < -0.3 is 9.80 Å². The fraction of sp³-hybridized carbons (Fsp3) is 0.889.